The maximum absolute atomic E-state index is 13.1. The first kappa shape index (κ1) is 22.3. The molecule has 158 valence electrons. The molecule has 0 saturated carbocycles. The molecular weight excluding hydrogens is 410 g/mol. The van der Waals surface area contributed by atoms with Gasteiger partial charge in [-0.15, -0.1) is 0 Å². The van der Waals surface area contributed by atoms with E-state index in [9.17, 15) is 14.4 Å². The summed E-state index contributed by atoms with van der Waals surface area (Å²) in [4.78, 5) is 37.8. The lowest BCUT2D eigenvalue weighted by Gasteiger charge is -2.15. The largest absolute Gasteiger partial charge is 0.325 e. The Morgan fingerprint density at radius 1 is 0.871 bits per heavy atom. The molecule has 0 spiro atoms. The molecule has 0 bridgehead atoms. The van der Waals surface area contributed by atoms with Crippen molar-refractivity contribution in [2.24, 2.45) is 5.73 Å². The minimum Gasteiger partial charge on any atom is -0.325 e. The summed E-state index contributed by atoms with van der Waals surface area (Å²) in [6.07, 6.45) is 0.176. The molecule has 7 heteroatoms. The molecular formula is C24H23N3O3S. The number of amides is 2. The van der Waals surface area contributed by atoms with E-state index in [2.05, 4.69) is 23.3 Å². The Balaban J connectivity index is 1.89. The lowest BCUT2D eigenvalue weighted by atomic mass is 10.0. The third kappa shape index (κ3) is 6.04. The lowest BCUT2D eigenvalue weighted by Crippen LogP contribution is -2.37. The highest BCUT2D eigenvalue weighted by Gasteiger charge is 2.18. The molecule has 0 heterocycles. The third-order valence-electron chi connectivity index (χ3n) is 4.58. The van der Waals surface area contributed by atoms with Crippen molar-refractivity contribution < 1.29 is 14.4 Å². The maximum Gasteiger partial charge on any atom is 0.242 e. The predicted octanol–water partition coefficient (Wildman–Crippen LogP) is 3.29. The molecule has 0 unspecified atom stereocenters. The number of benzene rings is 3. The highest BCUT2D eigenvalue weighted by Crippen LogP contribution is 2.24. The molecule has 0 aromatic heterocycles. The maximum atomic E-state index is 13.1. The number of nitrogens with one attached hydrogen (secondary N) is 2. The van der Waals surface area contributed by atoms with Crippen LogP contribution in [-0.4, -0.2) is 29.4 Å². The summed E-state index contributed by atoms with van der Waals surface area (Å²) in [5, 5.41) is 5.50. The summed E-state index contributed by atoms with van der Waals surface area (Å²) in [5.41, 5.74) is 8.08. The van der Waals surface area contributed by atoms with Crippen LogP contribution < -0.4 is 16.4 Å². The summed E-state index contributed by atoms with van der Waals surface area (Å²) in [6.45, 7) is 0. The molecule has 3 aromatic rings. The molecule has 0 radical (unpaired) electrons. The number of hydrogen-bond acceptors (Lipinski definition) is 5. The van der Waals surface area contributed by atoms with Gasteiger partial charge in [-0.1, -0.05) is 60.7 Å². The van der Waals surface area contributed by atoms with E-state index in [1.165, 1.54) is 6.07 Å². The molecule has 6 nitrogen and oxygen atoms in total. The van der Waals surface area contributed by atoms with E-state index in [0.717, 1.165) is 5.56 Å². The van der Waals surface area contributed by atoms with Crippen LogP contribution in [0.1, 0.15) is 21.5 Å². The van der Waals surface area contributed by atoms with E-state index in [1.807, 2.05) is 36.4 Å². The second-order valence-corrected chi connectivity index (χ2v) is 7.31. The van der Waals surface area contributed by atoms with Crippen molar-refractivity contribution in [3.05, 3.63) is 95.6 Å². The Labute approximate surface area is 186 Å². The number of ketones is 1. The van der Waals surface area contributed by atoms with E-state index >= 15 is 0 Å². The first-order valence-electron chi connectivity index (χ1n) is 9.73. The van der Waals surface area contributed by atoms with Gasteiger partial charge in [0.1, 0.15) is 0 Å². The van der Waals surface area contributed by atoms with Crippen LogP contribution in [0.2, 0.25) is 0 Å². The molecule has 3 aromatic carbocycles. The van der Waals surface area contributed by atoms with Gasteiger partial charge < -0.3 is 16.4 Å². The summed E-state index contributed by atoms with van der Waals surface area (Å²) >= 11 is 4.03. The fraction of sp³-hybridized carbons (Fsp3) is 0.125. The van der Waals surface area contributed by atoms with Crippen LogP contribution in [0.4, 0.5) is 11.4 Å². The van der Waals surface area contributed by atoms with Crippen molar-refractivity contribution >= 4 is 41.6 Å². The summed E-state index contributed by atoms with van der Waals surface area (Å²) in [6, 6.07) is 22.0. The van der Waals surface area contributed by atoms with Gasteiger partial charge in [0, 0.05) is 22.6 Å². The Morgan fingerprint density at radius 2 is 1.52 bits per heavy atom. The highest BCUT2D eigenvalue weighted by atomic mass is 32.1. The predicted molar refractivity (Wildman–Crippen MR) is 126 cm³/mol. The van der Waals surface area contributed by atoms with E-state index in [-0.39, 0.29) is 29.4 Å². The van der Waals surface area contributed by atoms with Gasteiger partial charge in [0.25, 0.3) is 0 Å². The normalized spacial score (nSPS) is 11.4. The molecule has 3 rings (SSSR count). The molecule has 0 fully saturated rings. The quantitative estimate of drug-likeness (QED) is 0.323. The zero-order valence-corrected chi connectivity index (χ0v) is 17.6. The Morgan fingerprint density at radius 3 is 2.16 bits per heavy atom. The van der Waals surface area contributed by atoms with Gasteiger partial charge in [0.05, 0.1) is 18.2 Å². The van der Waals surface area contributed by atoms with E-state index in [0.29, 0.717) is 16.9 Å². The summed E-state index contributed by atoms with van der Waals surface area (Å²) in [5.74, 6) is -0.740. The second kappa shape index (κ2) is 10.6. The Bertz CT molecular complexity index is 1070. The average molecular weight is 434 g/mol. The molecule has 0 aliphatic heterocycles. The fourth-order valence-corrected chi connectivity index (χ4v) is 3.12. The summed E-state index contributed by atoms with van der Waals surface area (Å²) in [7, 11) is 0. The summed E-state index contributed by atoms with van der Waals surface area (Å²) < 4.78 is 0. The van der Waals surface area contributed by atoms with Crippen molar-refractivity contribution in [3.63, 3.8) is 0 Å². The van der Waals surface area contributed by atoms with E-state index < -0.39 is 11.9 Å². The van der Waals surface area contributed by atoms with Crippen LogP contribution in [-0.2, 0) is 16.0 Å². The van der Waals surface area contributed by atoms with Crippen LogP contribution in [0, 0.1) is 0 Å². The standard InChI is InChI=1S/C24H23N3O3S/c25-20(15-31)24(30)26-18-11-12-21(27-22(28)13-16-7-3-1-4-8-16)19(14-18)23(29)17-9-5-2-6-10-17/h1-12,14,20,31H,13,15,25H2,(H,26,30)(H,27,28)/t20-/m0/s1. The molecule has 0 saturated heterocycles. The zero-order chi connectivity index (χ0) is 22.2. The molecule has 2 amide bonds. The number of anilines is 2. The van der Waals surface area contributed by atoms with Crippen molar-refractivity contribution in [2.75, 3.05) is 16.4 Å². The number of carbonyl (C=O) groups excluding carboxylic acids is 3. The second-order valence-electron chi connectivity index (χ2n) is 6.94. The van der Waals surface area contributed by atoms with Gasteiger partial charge in [0.2, 0.25) is 11.8 Å². The topological polar surface area (TPSA) is 101 Å². The number of nitrogens with two attached hydrogens (primary N) is 1. The number of hydrogen-bond donors (Lipinski definition) is 4. The molecule has 1 atom stereocenters. The van der Waals surface area contributed by atoms with Crippen LogP contribution in [0.15, 0.2) is 78.9 Å². The van der Waals surface area contributed by atoms with Crippen LogP contribution in [0.5, 0.6) is 0 Å². The monoisotopic (exact) mass is 433 g/mol. The van der Waals surface area contributed by atoms with Crippen LogP contribution in [0.25, 0.3) is 0 Å². The van der Waals surface area contributed by atoms with Crippen LogP contribution >= 0.6 is 12.6 Å². The number of carbonyl (C=O) groups is 3. The lowest BCUT2D eigenvalue weighted by molar-refractivity contribution is -0.117. The third-order valence-corrected chi connectivity index (χ3v) is 4.98. The van der Waals surface area contributed by atoms with Crippen molar-refractivity contribution in [2.45, 2.75) is 12.5 Å². The zero-order valence-electron chi connectivity index (χ0n) is 16.7. The molecule has 31 heavy (non-hydrogen) atoms. The average Bonchev–Trinajstić information content (AvgIpc) is 2.80. The highest BCUT2D eigenvalue weighted by molar-refractivity contribution is 7.80. The van der Waals surface area contributed by atoms with Gasteiger partial charge in [-0.3, -0.25) is 14.4 Å². The van der Waals surface area contributed by atoms with Gasteiger partial charge in [-0.25, -0.2) is 0 Å². The van der Waals surface area contributed by atoms with Crippen molar-refractivity contribution in [3.8, 4) is 0 Å². The minimum absolute atomic E-state index is 0.176. The Kier molecular flexibility index (Phi) is 7.59. The van der Waals surface area contributed by atoms with Gasteiger partial charge in [0.15, 0.2) is 5.78 Å². The van der Waals surface area contributed by atoms with Gasteiger partial charge in [-0.05, 0) is 23.8 Å². The van der Waals surface area contributed by atoms with Gasteiger partial charge >= 0.3 is 0 Å². The van der Waals surface area contributed by atoms with Gasteiger partial charge in [-0.2, -0.15) is 12.6 Å². The van der Waals surface area contributed by atoms with Crippen molar-refractivity contribution in [1.82, 2.24) is 0 Å². The number of thiol groups is 1. The molecule has 0 aliphatic carbocycles. The van der Waals surface area contributed by atoms with E-state index in [1.54, 1.807) is 36.4 Å². The Hall–Kier alpha value is -3.42. The smallest absolute Gasteiger partial charge is 0.242 e. The first-order chi connectivity index (χ1) is 15.0. The van der Waals surface area contributed by atoms with Crippen molar-refractivity contribution in [1.29, 1.82) is 0 Å². The minimum atomic E-state index is -0.776. The van der Waals surface area contributed by atoms with Crippen LogP contribution in [0.3, 0.4) is 0 Å². The molecule has 4 N–H and O–H groups in total. The first-order valence-corrected chi connectivity index (χ1v) is 10.4. The SMILES string of the molecule is N[C@@H](CS)C(=O)Nc1ccc(NC(=O)Cc2ccccc2)c(C(=O)c2ccccc2)c1. The van der Waals surface area contributed by atoms with E-state index in [4.69, 9.17) is 5.73 Å². The number of rotatable bonds is 8. The molecule has 0 aliphatic rings. The fourth-order valence-electron chi connectivity index (χ4n) is 2.96.